The van der Waals surface area contributed by atoms with E-state index in [-0.39, 0.29) is 5.91 Å². The summed E-state index contributed by atoms with van der Waals surface area (Å²) < 4.78 is 5.50. The Morgan fingerprint density at radius 2 is 2.09 bits per heavy atom. The number of carbonyl (C=O) groups excluding carboxylic acids is 1. The van der Waals surface area contributed by atoms with Crippen molar-refractivity contribution in [3.05, 3.63) is 39.2 Å². The molecular weight excluding hydrogens is 310 g/mol. The fourth-order valence-corrected chi connectivity index (χ4v) is 3.66. The van der Waals surface area contributed by atoms with Gasteiger partial charge < -0.3 is 9.32 Å². The van der Waals surface area contributed by atoms with Crippen LogP contribution in [0.1, 0.15) is 39.0 Å². The van der Waals surface area contributed by atoms with Crippen LogP contribution in [0.2, 0.25) is 0 Å². The van der Waals surface area contributed by atoms with Gasteiger partial charge in [-0.1, -0.05) is 0 Å². The number of hydrogen-bond donors (Lipinski definition) is 0. The molecule has 0 atom stereocenters. The SMILES string of the molecule is Cc1cc(C(=O)N2CCCN(Cc3csc(C)n3)CC2)c(C)o1. The summed E-state index contributed by atoms with van der Waals surface area (Å²) in [5.74, 6) is 1.60. The quantitative estimate of drug-likeness (QED) is 0.866. The molecule has 0 bridgehead atoms. The van der Waals surface area contributed by atoms with E-state index in [9.17, 15) is 4.79 Å². The van der Waals surface area contributed by atoms with Gasteiger partial charge in [-0.25, -0.2) is 4.98 Å². The van der Waals surface area contributed by atoms with E-state index in [0.717, 1.165) is 55.6 Å². The van der Waals surface area contributed by atoms with Crippen molar-refractivity contribution in [3.8, 4) is 0 Å². The number of rotatable bonds is 3. The van der Waals surface area contributed by atoms with Crippen LogP contribution in [0.4, 0.5) is 0 Å². The molecule has 3 heterocycles. The summed E-state index contributed by atoms with van der Waals surface area (Å²) in [6.45, 7) is 10.1. The lowest BCUT2D eigenvalue weighted by Crippen LogP contribution is -2.35. The highest BCUT2D eigenvalue weighted by molar-refractivity contribution is 7.09. The van der Waals surface area contributed by atoms with E-state index >= 15 is 0 Å². The zero-order valence-electron chi connectivity index (χ0n) is 14.0. The molecule has 3 rings (SSSR count). The topological polar surface area (TPSA) is 49.6 Å². The Morgan fingerprint density at radius 1 is 1.26 bits per heavy atom. The third kappa shape index (κ3) is 3.82. The average Bonchev–Trinajstić information content (AvgIpc) is 2.96. The van der Waals surface area contributed by atoms with E-state index < -0.39 is 0 Å². The molecule has 0 aromatic carbocycles. The Balaban J connectivity index is 1.62. The van der Waals surface area contributed by atoms with Gasteiger partial charge in [0.1, 0.15) is 11.5 Å². The Morgan fingerprint density at radius 3 is 2.74 bits per heavy atom. The van der Waals surface area contributed by atoms with Crippen LogP contribution in [0.15, 0.2) is 15.9 Å². The maximum Gasteiger partial charge on any atom is 0.257 e. The van der Waals surface area contributed by atoms with Crippen molar-refractivity contribution >= 4 is 17.2 Å². The van der Waals surface area contributed by atoms with Crippen LogP contribution in [-0.4, -0.2) is 46.9 Å². The van der Waals surface area contributed by atoms with Gasteiger partial charge in [0, 0.05) is 38.1 Å². The highest BCUT2D eigenvalue weighted by atomic mass is 32.1. The number of hydrogen-bond acceptors (Lipinski definition) is 5. The van der Waals surface area contributed by atoms with E-state index in [1.165, 1.54) is 0 Å². The zero-order valence-corrected chi connectivity index (χ0v) is 14.8. The molecule has 6 heteroatoms. The van der Waals surface area contributed by atoms with Gasteiger partial charge in [-0.3, -0.25) is 9.69 Å². The molecule has 0 radical (unpaired) electrons. The number of carbonyl (C=O) groups is 1. The molecule has 0 aliphatic carbocycles. The lowest BCUT2D eigenvalue weighted by Gasteiger charge is -2.21. The van der Waals surface area contributed by atoms with E-state index in [1.807, 2.05) is 31.7 Å². The third-order valence-corrected chi connectivity index (χ3v) is 5.02. The molecule has 1 saturated heterocycles. The van der Waals surface area contributed by atoms with Crippen molar-refractivity contribution in [2.75, 3.05) is 26.2 Å². The molecule has 124 valence electrons. The highest BCUT2D eigenvalue weighted by Gasteiger charge is 2.23. The second-order valence-electron chi connectivity index (χ2n) is 6.11. The Bertz CT molecular complexity index is 692. The first-order valence-corrected chi connectivity index (χ1v) is 8.90. The van der Waals surface area contributed by atoms with E-state index in [0.29, 0.717) is 11.3 Å². The van der Waals surface area contributed by atoms with Crippen LogP contribution in [0.5, 0.6) is 0 Å². The lowest BCUT2D eigenvalue weighted by atomic mass is 10.2. The summed E-state index contributed by atoms with van der Waals surface area (Å²) in [5, 5.41) is 3.23. The third-order valence-electron chi connectivity index (χ3n) is 4.20. The van der Waals surface area contributed by atoms with Gasteiger partial charge in [0.25, 0.3) is 5.91 Å². The van der Waals surface area contributed by atoms with Gasteiger partial charge >= 0.3 is 0 Å². The number of nitrogens with zero attached hydrogens (tertiary/aromatic N) is 3. The summed E-state index contributed by atoms with van der Waals surface area (Å²) in [6, 6.07) is 1.85. The second-order valence-corrected chi connectivity index (χ2v) is 7.17. The fraction of sp³-hybridized carbons (Fsp3) is 0.529. The van der Waals surface area contributed by atoms with Crippen LogP contribution in [0.3, 0.4) is 0 Å². The molecule has 0 spiro atoms. The van der Waals surface area contributed by atoms with Crippen LogP contribution < -0.4 is 0 Å². The Labute approximate surface area is 140 Å². The standard InChI is InChI=1S/C17H23N3O2S/c1-12-9-16(13(2)22-12)17(21)20-6-4-5-19(7-8-20)10-15-11-23-14(3)18-15/h9,11H,4-8,10H2,1-3H3. The van der Waals surface area contributed by atoms with E-state index in [4.69, 9.17) is 4.42 Å². The van der Waals surface area contributed by atoms with Gasteiger partial charge in [0.15, 0.2) is 0 Å². The smallest absolute Gasteiger partial charge is 0.257 e. The van der Waals surface area contributed by atoms with Crippen molar-refractivity contribution in [3.63, 3.8) is 0 Å². The van der Waals surface area contributed by atoms with Crippen LogP contribution in [0, 0.1) is 20.8 Å². The Kier molecular flexibility index (Phi) is 4.82. The predicted molar refractivity (Wildman–Crippen MR) is 90.8 cm³/mol. The molecular formula is C17H23N3O2S. The molecule has 2 aromatic rings. The monoisotopic (exact) mass is 333 g/mol. The normalized spacial score (nSPS) is 16.6. The molecule has 1 amide bonds. The fourth-order valence-electron chi connectivity index (χ4n) is 3.06. The van der Waals surface area contributed by atoms with Gasteiger partial charge in [0.05, 0.1) is 16.3 Å². The minimum Gasteiger partial charge on any atom is -0.466 e. The number of aryl methyl sites for hydroxylation is 3. The minimum atomic E-state index is 0.0886. The molecule has 0 unspecified atom stereocenters. The van der Waals surface area contributed by atoms with Crippen LogP contribution >= 0.6 is 11.3 Å². The molecule has 0 saturated carbocycles. The van der Waals surface area contributed by atoms with E-state index in [2.05, 4.69) is 15.3 Å². The first-order valence-electron chi connectivity index (χ1n) is 8.02. The number of aromatic nitrogens is 1. The summed E-state index contributed by atoms with van der Waals surface area (Å²) in [4.78, 5) is 21.6. The molecule has 0 N–H and O–H groups in total. The number of thiazole rings is 1. The lowest BCUT2D eigenvalue weighted by molar-refractivity contribution is 0.0759. The van der Waals surface area contributed by atoms with Crippen molar-refractivity contribution < 1.29 is 9.21 Å². The van der Waals surface area contributed by atoms with Gasteiger partial charge in [-0.05, 0) is 33.3 Å². The first kappa shape index (κ1) is 16.2. The number of amides is 1. The van der Waals surface area contributed by atoms with Gasteiger partial charge in [0.2, 0.25) is 0 Å². The molecule has 5 nitrogen and oxygen atoms in total. The molecule has 2 aromatic heterocycles. The summed E-state index contributed by atoms with van der Waals surface area (Å²) >= 11 is 1.69. The van der Waals surface area contributed by atoms with E-state index in [1.54, 1.807) is 11.3 Å². The van der Waals surface area contributed by atoms with Crippen LogP contribution in [-0.2, 0) is 6.54 Å². The minimum absolute atomic E-state index is 0.0886. The average molecular weight is 333 g/mol. The molecule has 1 aliphatic heterocycles. The molecule has 1 fully saturated rings. The van der Waals surface area contributed by atoms with Crippen molar-refractivity contribution in [1.29, 1.82) is 0 Å². The first-order chi connectivity index (χ1) is 11.0. The number of furan rings is 1. The summed E-state index contributed by atoms with van der Waals surface area (Å²) in [5.41, 5.74) is 1.83. The van der Waals surface area contributed by atoms with Crippen molar-refractivity contribution in [2.24, 2.45) is 0 Å². The van der Waals surface area contributed by atoms with Gasteiger partial charge in [-0.15, -0.1) is 11.3 Å². The maximum absolute atomic E-state index is 12.7. The molecule has 23 heavy (non-hydrogen) atoms. The second kappa shape index (κ2) is 6.84. The maximum atomic E-state index is 12.7. The van der Waals surface area contributed by atoms with Crippen molar-refractivity contribution in [1.82, 2.24) is 14.8 Å². The highest BCUT2D eigenvalue weighted by Crippen LogP contribution is 2.18. The predicted octanol–water partition coefficient (Wildman–Crippen LogP) is 3.01. The summed E-state index contributed by atoms with van der Waals surface area (Å²) in [7, 11) is 0. The van der Waals surface area contributed by atoms with Crippen molar-refractivity contribution in [2.45, 2.75) is 33.7 Å². The summed E-state index contributed by atoms with van der Waals surface area (Å²) in [6.07, 6.45) is 0.991. The van der Waals surface area contributed by atoms with Gasteiger partial charge in [-0.2, -0.15) is 0 Å². The zero-order chi connectivity index (χ0) is 16.4. The van der Waals surface area contributed by atoms with Crippen LogP contribution in [0.25, 0.3) is 0 Å². The Hall–Kier alpha value is -1.66. The molecule has 1 aliphatic rings. The largest absolute Gasteiger partial charge is 0.466 e.